The fourth-order valence-corrected chi connectivity index (χ4v) is 14.5. The van der Waals surface area contributed by atoms with E-state index in [1.807, 2.05) is 0 Å². The van der Waals surface area contributed by atoms with Crippen LogP contribution in [0.1, 0.15) is 105 Å². The van der Waals surface area contributed by atoms with Crippen LogP contribution >= 0.6 is 0 Å². The molecule has 4 saturated heterocycles. The van der Waals surface area contributed by atoms with Gasteiger partial charge in [-0.15, -0.1) is 0 Å². The van der Waals surface area contributed by atoms with Gasteiger partial charge in [-0.3, -0.25) is 0 Å². The molecular formula is C51H86O21. The normalized spacial score (nSPS) is 51.3. The molecule has 4 aliphatic heterocycles. The van der Waals surface area contributed by atoms with Gasteiger partial charge in [0.15, 0.2) is 25.2 Å². The molecule has 3 saturated carbocycles. The predicted octanol–water partition coefficient (Wildman–Crippen LogP) is -1.31. The second-order valence-electron chi connectivity index (χ2n) is 23.5. The third kappa shape index (κ3) is 11.0. The van der Waals surface area contributed by atoms with Crippen molar-refractivity contribution in [3.05, 3.63) is 11.6 Å². The third-order valence-corrected chi connectivity index (χ3v) is 18.8. The van der Waals surface area contributed by atoms with Crippen molar-refractivity contribution in [1.82, 2.24) is 0 Å². The minimum Gasteiger partial charge on any atom is -0.394 e. The van der Waals surface area contributed by atoms with Crippen LogP contribution < -0.4 is 0 Å². The van der Waals surface area contributed by atoms with Crippen LogP contribution in [0.15, 0.2) is 11.6 Å². The first kappa shape index (κ1) is 57.1. The van der Waals surface area contributed by atoms with E-state index in [1.54, 1.807) is 0 Å². The predicted molar refractivity (Wildman–Crippen MR) is 250 cm³/mol. The van der Waals surface area contributed by atoms with Gasteiger partial charge in [0.05, 0.1) is 32.5 Å². The van der Waals surface area contributed by atoms with Gasteiger partial charge < -0.3 is 104 Å². The highest BCUT2D eigenvalue weighted by Gasteiger charge is 2.60. The van der Waals surface area contributed by atoms with Crippen molar-refractivity contribution in [2.75, 3.05) is 26.4 Å². The van der Waals surface area contributed by atoms with Crippen molar-refractivity contribution in [2.45, 2.75) is 234 Å². The molecule has 0 aromatic carbocycles. The number of rotatable bonds is 17. The molecule has 0 aromatic rings. The quantitative estimate of drug-likeness (QED) is 0.0752. The van der Waals surface area contributed by atoms with Crippen LogP contribution in [0, 0.1) is 46.3 Å². The average Bonchev–Trinajstić information content (AvgIpc) is 3.72. The summed E-state index contributed by atoms with van der Waals surface area (Å²) in [5.74, 6) is 4.22. The molecule has 0 bridgehead atoms. The Morgan fingerprint density at radius 2 is 1.08 bits per heavy atom. The van der Waals surface area contributed by atoms with Crippen LogP contribution in [0.2, 0.25) is 0 Å². The zero-order valence-electron chi connectivity index (χ0n) is 42.4. The van der Waals surface area contributed by atoms with Gasteiger partial charge in [0.25, 0.3) is 0 Å². The van der Waals surface area contributed by atoms with E-state index in [-0.39, 0.29) is 11.5 Å². The molecule has 0 spiro atoms. The van der Waals surface area contributed by atoms with Crippen LogP contribution in [-0.2, 0) is 37.9 Å². The fourth-order valence-electron chi connectivity index (χ4n) is 14.5. The summed E-state index contributed by atoms with van der Waals surface area (Å²) in [6, 6.07) is 0. The summed E-state index contributed by atoms with van der Waals surface area (Å²) < 4.78 is 46.4. The number of allylic oxidation sites excluding steroid dienone is 1. The second kappa shape index (κ2) is 23.5. The Morgan fingerprint density at radius 3 is 1.68 bits per heavy atom. The van der Waals surface area contributed by atoms with E-state index in [4.69, 9.17) is 37.9 Å². The molecule has 416 valence electrons. The van der Waals surface area contributed by atoms with Crippen molar-refractivity contribution in [2.24, 2.45) is 46.3 Å². The van der Waals surface area contributed by atoms with Crippen molar-refractivity contribution in [3.8, 4) is 0 Å². The smallest absolute Gasteiger partial charge is 0.187 e. The first-order valence-corrected chi connectivity index (χ1v) is 26.7. The topological polar surface area (TPSA) is 337 Å². The fraction of sp³-hybridized carbons (Fsp3) is 0.961. The van der Waals surface area contributed by atoms with E-state index >= 15 is 0 Å². The summed E-state index contributed by atoms with van der Waals surface area (Å²) in [4.78, 5) is 0. The van der Waals surface area contributed by atoms with Gasteiger partial charge in [0, 0.05) is 0 Å². The maximum atomic E-state index is 11.5. The minimum absolute atomic E-state index is 0.0373. The molecule has 7 fully saturated rings. The molecule has 4 heterocycles. The molecule has 4 aliphatic carbocycles. The maximum absolute atomic E-state index is 11.5. The lowest BCUT2D eigenvalue weighted by Crippen LogP contribution is -2.66. The molecule has 21 nitrogen and oxygen atoms in total. The summed E-state index contributed by atoms with van der Waals surface area (Å²) in [6.45, 7) is 9.12. The molecule has 28 atom stereocenters. The van der Waals surface area contributed by atoms with Crippen molar-refractivity contribution in [3.63, 3.8) is 0 Å². The summed E-state index contributed by atoms with van der Waals surface area (Å²) in [6.07, 6.45) is -19.3. The Labute approximate surface area is 421 Å². The van der Waals surface area contributed by atoms with E-state index in [0.717, 1.165) is 36.5 Å². The largest absolute Gasteiger partial charge is 0.394 e. The van der Waals surface area contributed by atoms with E-state index in [2.05, 4.69) is 40.7 Å². The second-order valence-corrected chi connectivity index (χ2v) is 23.5. The number of ether oxygens (including phenoxy) is 8. The van der Waals surface area contributed by atoms with Crippen molar-refractivity contribution < 1.29 is 104 Å². The van der Waals surface area contributed by atoms with Gasteiger partial charge in [-0.05, 0) is 97.7 Å². The SMILES string of the molecule is CC(C)CCC[C@@H](C)[C@H]1CC[C@H]2[C@@H]3CC=C4C[C@@H](O[C@@H]5O[C@H](CO)[C@@H](O[C@@H]6O[C@H](CO[C@@H]7O[C@H](CO)[C@@H](O[C@@H]8O[C@H](CO)[C@@H](O)[C@H](O)[C@H]8O)[C@H](O)[C@H]7O)[C@@H](O)[C@H](O)[C@H]6O)[C@H](O)[C@H]5O)CC[C@]4(C)[C@H]3CC[C@]12C. The zero-order valence-corrected chi connectivity index (χ0v) is 42.4. The lowest BCUT2D eigenvalue weighted by Gasteiger charge is -2.58. The van der Waals surface area contributed by atoms with Crippen LogP contribution in [0.3, 0.4) is 0 Å². The minimum atomic E-state index is -1.93. The average molecular weight is 1040 g/mol. The van der Waals surface area contributed by atoms with Gasteiger partial charge in [-0.25, -0.2) is 0 Å². The first-order chi connectivity index (χ1) is 34.2. The van der Waals surface area contributed by atoms with E-state index in [1.165, 1.54) is 50.5 Å². The summed E-state index contributed by atoms with van der Waals surface area (Å²) in [5, 5.41) is 139. The number of aliphatic hydroxyl groups excluding tert-OH is 13. The Bertz CT molecular complexity index is 1770. The number of hydrogen-bond donors (Lipinski definition) is 13. The Kier molecular flexibility index (Phi) is 18.6. The molecule has 8 rings (SSSR count). The van der Waals surface area contributed by atoms with Crippen LogP contribution in [0.25, 0.3) is 0 Å². The number of fused-ring (bicyclic) bond motifs is 5. The van der Waals surface area contributed by atoms with Gasteiger partial charge >= 0.3 is 0 Å². The standard InChI is InChI=1S/C51H86O21/c1-22(2)7-6-8-23(3)27-11-12-28-26-10-9-24-17-25(13-15-50(24,4)29(26)14-16-51(27,28)5)66-47-43(64)39(60)45(32(20-54)69-47)72-49-41(62)37(58)35(56)33(70-49)21-65-46-42(63)38(59)44(31(19-53)68-46)71-48-40(61)36(57)34(55)30(18-52)67-48/h9,22-23,25-49,52-64H,6-8,10-21H2,1-5H3/t23-,25+,26+,27-,28+,29+,30-,31-,32-,33-,34-,35-,36+,37+,38-,39-,40-,41-,42-,43-,44-,45-,46-,47-,48+,49+,50+,51-/m1/s1. The Hall–Kier alpha value is -1.10. The lowest BCUT2D eigenvalue weighted by molar-refractivity contribution is -0.374. The van der Waals surface area contributed by atoms with Gasteiger partial charge in [0.2, 0.25) is 0 Å². The van der Waals surface area contributed by atoms with Gasteiger partial charge in [-0.2, -0.15) is 0 Å². The highest BCUT2D eigenvalue weighted by Crippen LogP contribution is 2.67. The van der Waals surface area contributed by atoms with Gasteiger partial charge in [-0.1, -0.05) is 65.5 Å². The molecule has 0 unspecified atom stereocenters. The molecule has 21 heteroatoms. The van der Waals surface area contributed by atoms with Crippen LogP contribution in [0.5, 0.6) is 0 Å². The van der Waals surface area contributed by atoms with Crippen molar-refractivity contribution in [1.29, 1.82) is 0 Å². The molecule has 0 radical (unpaired) electrons. The van der Waals surface area contributed by atoms with Crippen LogP contribution in [0.4, 0.5) is 0 Å². The van der Waals surface area contributed by atoms with Crippen molar-refractivity contribution >= 4 is 0 Å². The molecule has 0 amide bonds. The van der Waals surface area contributed by atoms with Crippen LogP contribution in [-0.4, -0.2) is 222 Å². The Morgan fingerprint density at radius 1 is 0.556 bits per heavy atom. The van der Waals surface area contributed by atoms with E-state index in [0.29, 0.717) is 30.1 Å². The monoisotopic (exact) mass is 1030 g/mol. The highest BCUT2D eigenvalue weighted by atomic mass is 16.8. The summed E-state index contributed by atoms with van der Waals surface area (Å²) in [7, 11) is 0. The first-order valence-electron chi connectivity index (χ1n) is 26.7. The summed E-state index contributed by atoms with van der Waals surface area (Å²) in [5.41, 5.74) is 1.78. The maximum Gasteiger partial charge on any atom is 0.187 e. The lowest BCUT2D eigenvalue weighted by atomic mass is 9.47. The highest BCUT2D eigenvalue weighted by molar-refractivity contribution is 5.25. The molecule has 72 heavy (non-hydrogen) atoms. The van der Waals surface area contributed by atoms with E-state index < -0.39 is 149 Å². The van der Waals surface area contributed by atoms with Gasteiger partial charge in [0.1, 0.15) is 97.7 Å². The molecule has 8 aliphatic rings. The van der Waals surface area contributed by atoms with E-state index in [9.17, 15) is 66.4 Å². The number of aliphatic hydroxyl groups is 13. The third-order valence-electron chi connectivity index (χ3n) is 18.8. The molecule has 0 aromatic heterocycles. The molecular weight excluding hydrogens is 949 g/mol. The zero-order chi connectivity index (χ0) is 52.1. The summed E-state index contributed by atoms with van der Waals surface area (Å²) >= 11 is 0. The molecule has 13 N–H and O–H groups in total. The Balaban J connectivity index is 0.848. The number of hydrogen-bond acceptors (Lipinski definition) is 21.